The summed E-state index contributed by atoms with van der Waals surface area (Å²) in [5.41, 5.74) is 0.445. The lowest BCUT2D eigenvalue weighted by Gasteiger charge is -2.19. The second kappa shape index (κ2) is 7.95. The molecule has 0 aliphatic carbocycles. The van der Waals surface area contributed by atoms with Crippen LogP contribution in [0.5, 0.6) is 0 Å². The zero-order chi connectivity index (χ0) is 17.1. The Balaban J connectivity index is 1.49. The number of amides is 2. The molecule has 130 valence electrons. The largest absolute Gasteiger partial charge is 0.352 e. The molecule has 2 aliphatic heterocycles. The van der Waals surface area contributed by atoms with Crippen LogP contribution in [-0.2, 0) is 4.79 Å². The molecule has 2 N–H and O–H groups in total. The molecule has 1 aromatic carbocycles. The van der Waals surface area contributed by atoms with E-state index in [0.717, 1.165) is 31.1 Å². The van der Waals surface area contributed by atoms with Crippen LogP contribution >= 0.6 is 35.0 Å². The van der Waals surface area contributed by atoms with Crippen molar-refractivity contribution in [2.75, 3.05) is 31.3 Å². The molecule has 0 aromatic heterocycles. The number of benzene rings is 1. The van der Waals surface area contributed by atoms with Gasteiger partial charge in [0, 0.05) is 41.0 Å². The maximum absolute atomic E-state index is 12.4. The summed E-state index contributed by atoms with van der Waals surface area (Å²) >= 11 is 13.6. The lowest BCUT2D eigenvalue weighted by Crippen LogP contribution is -2.42. The zero-order valence-corrected chi connectivity index (χ0v) is 15.4. The van der Waals surface area contributed by atoms with E-state index in [2.05, 4.69) is 10.6 Å². The van der Waals surface area contributed by atoms with Crippen LogP contribution in [0.3, 0.4) is 0 Å². The van der Waals surface area contributed by atoms with Crippen molar-refractivity contribution < 1.29 is 9.59 Å². The fourth-order valence-electron chi connectivity index (χ4n) is 2.98. The Bertz CT molecular complexity index is 617. The number of halogens is 2. The first-order valence-corrected chi connectivity index (χ1v) is 9.78. The van der Waals surface area contributed by atoms with E-state index in [1.807, 2.05) is 4.90 Å². The average Bonchev–Trinajstić information content (AvgIpc) is 3.22. The van der Waals surface area contributed by atoms with Gasteiger partial charge in [-0.3, -0.25) is 9.59 Å². The topological polar surface area (TPSA) is 61.4 Å². The van der Waals surface area contributed by atoms with Crippen molar-refractivity contribution in [1.82, 2.24) is 15.5 Å². The average molecular weight is 388 g/mol. The standard InChI is InChI=1S/C16H19Cl2N3O2S/c17-12-4-11(5-13(18)6-12)15(22)20-8-10-3-14(19-7-10)16(23)21-1-2-24-9-21/h4-6,10,14,19H,1-3,7-9H2,(H,20,22)/t10-,14-/m0/s1. The molecule has 2 fully saturated rings. The number of thioether (sulfide) groups is 1. The van der Waals surface area contributed by atoms with Crippen LogP contribution in [-0.4, -0.2) is 54.0 Å². The first-order valence-electron chi connectivity index (χ1n) is 7.87. The highest BCUT2D eigenvalue weighted by atomic mass is 35.5. The van der Waals surface area contributed by atoms with E-state index in [1.165, 1.54) is 0 Å². The van der Waals surface area contributed by atoms with Crippen molar-refractivity contribution in [1.29, 1.82) is 0 Å². The van der Waals surface area contributed by atoms with Crippen LogP contribution in [0, 0.1) is 5.92 Å². The molecule has 3 rings (SSSR count). The summed E-state index contributed by atoms with van der Waals surface area (Å²) in [6.07, 6.45) is 0.747. The second-order valence-corrected chi connectivity index (χ2v) is 8.02. The van der Waals surface area contributed by atoms with Gasteiger partial charge >= 0.3 is 0 Å². The predicted octanol–water partition coefficient (Wildman–Crippen LogP) is 2.23. The first kappa shape index (κ1) is 17.9. The molecule has 2 atom stereocenters. The van der Waals surface area contributed by atoms with Crippen molar-refractivity contribution in [3.05, 3.63) is 33.8 Å². The van der Waals surface area contributed by atoms with Crippen molar-refractivity contribution in [2.45, 2.75) is 12.5 Å². The van der Waals surface area contributed by atoms with Gasteiger partial charge in [-0.25, -0.2) is 0 Å². The van der Waals surface area contributed by atoms with E-state index >= 15 is 0 Å². The number of hydrogen-bond acceptors (Lipinski definition) is 4. The number of nitrogens with zero attached hydrogens (tertiary/aromatic N) is 1. The van der Waals surface area contributed by atoms with E-state index in [-0.39, 0.29) is 23.8 Å². The van der Waals surface area contributed by atoms with Gasteiger partial charge in [0.2, 0.25) is 5.91 Å². The van der Waals surface area contributed by atoms with Crippen LogP contribution in [0.4, 0.5) is 0 Å². The molecule has 1 aromatic rings. The van der Waals surface area contributed by atoms with E-state index in [0.29, 0.717) is 22.2 Å². The fourth-order valence-corrected chi connectivity index (χ4v) is 4.47. The normalized spacial score (nSPS) is 23.5. The van der Waals surface area contributed by atoms with Crippen molar-refractivity contribution in [2.24, 2.45) is 5.92 Å². The number of carbonyl (C=O) groups excluding carboxylic acids is 2. The van der Waals surface area contributed by atoms with Gasteiger partial charge in [0.1, 0.15) is 0 Å². The van der Waals surface area contributed by atoms with Crippen LogP contribution in [0.2, 0.25) is 10.0 Å². The van der Waals surface area contributed by atoms with E-state index in [9.17, 15) is 9.59 Å². The summed E-state index contributed by atoms with van der Waals surface area (Å²) in [4.78, 5) is 26.5. The maximum atomic E-state index is 12.4. The summed E-state index contributed by atoms with van der Waals surface area (Å²) in [7, 11) is 0. The minimum absolute atomic E-state index is 0.133. The van der Waals surface area contributed by atoms with E-state index in [1.54, 1.807) is 30.0 Å². The summed E-state index contributed by atoms with van der Waals surface area (Å²) < 4.78 is 0. The monoisotopic (exact) mass is 387 g/mol. The Morgan fingerprint density at radius 1 is 1.29 bits per heavy atom. The Kier molecular flexibility index (Phi) is 5.92. The number of rotatable bonds is 4. The molecule has 5 nitrogen and oxygen atoms in total. The fraction of sp³-hybridized carbons (Fsp3) is 0.500. The van der Waals surface area contributed by atoms with Gasteiger partial charge in [-0.15, -0.1) is 11.8 Å². The summed E-state index contributed by atoms with van der Waals surface area (Å²) in [6.45, 7) is 2.08. The van der Waals surface area contributed by atoms with Gasteiger partial charge in [0.15, 0.2) is 0 Å². The summed E-state index contributed by atoms with van der Waals surface area (Å²) in [5, 5.41) is 7.04. The van der Waals surface area contributed by atoms with Crippen molar-refractivity contribution >= 4 is 46.8 Å². The maximum Gasteiger partial charge on any atom is 0.251 e. The highest BCUT2D eigenvalue weighted by molar-refractivity contribution is 7.99. The minimum Gasteiger partial charge on any atom is -0.352 e. The van der Waals surface area contributed by atoms with Gasteiger partial charge in [-0.05, 0) is 30.5 Å². The van der Waals surface area contributed by atoms with Gasteiger partial charge < -0.3 is 15.5 Å². The predicted molar refractivity (Wildman–Crippen MR) is 97.7 cm³/mol. The third-order valence-electron chi connectivity index (χ3n) is 4.26. The summed E-state index contributed by atoms with van der Waals surface area (Å²) in [5.74, 6) is 2.02. The molecule has 2 amide bonds. The van der Waals surface area contributed by atoms with Crippen LogP contribution in [0.25, 0.3) is 0 Å². The molecule has 0 radical (unpaired) electrons. The van der Waals surface area contributed by atoms with Crippen molar-refractivity contribution in [3.63, 3.8) is 0 Å². The molecule has 0 unspecified atom stereocenters. The third kappa shape index (κ3) is 4.36. The first-order chi connectivity index (χ1) is 11.5. The molecular formula is C16H19Cl2N3O2S. The summed E-state index contributed by atoms with van der Waals surface area (Å²) in [6, 6.07) is 4.64. The third-order valence-corrected chi connectivity index (χ3v) is 5.66. The highest BCUT2D eigenvalue weighted by Gasteiger charge is 2.33. The van der Waals surface area contributed by atoms with E-state index in [4.69, 9.17) is 23.2 Å². The lowest BCUT2D eigenvalue weighted by molar-refractivity contribution is -0.131. The Labute approximate surface area is 155 Å². The molecule has 2 aliphatic rings. The number of carbonyl (C=O) groups is 2. The smallest absolute Gasteiger partial charge is 0.251 e. The van der Waals surface area contributed by atoms with Crippen molar-refractivity contribution in [3.8, 4) is 0 Å². The lowest BCUT2D eigenvalue weighted by atomic mass is 10.0. The van der Waals surface area contributed by atoms with Crippen LogP contribution in [0.1, 0.15) is 16.8 Å². The van der Waals surface area contributed by atoms with Crippen LogP contribution in [0.15, 0.2) is 18.2 Å². The Morgan fingerprint density at radius 2 is 2.04 bits per heavy atom. The SMILES string of the molecule is O=C(NC[C@@H]1CN[C@H](C(=O)N2CCSC2)C1)c1cc(Cl)cc(Cl)c1. The van der Waals surface area contributed by atoms with Gasteiger partial charge in [-0.2, -0.15) is 0 Å². The van der Waals surface area contributed by atoms with E-state index < -0.39 is 0 Å². The molecule has 0 bridgehead atoms. The molecule has 0 spiro atoms. The molecule has 24 heavy (non-hydrogen) atoms. The number of nitrogens with one attached hydrogen (secondary N) is 2. The second-order valence-electron chi connectivity index (χ2n) is 6.07. The molecule has 2 saturated heterocycles. The quantitative estimate of drug-likeness (QED) is 0.831. The molecule has 2 heterocycles. The highest BCUT2D eigenvalue weighted by Crippen LogP contribution is 2.21. The molecule has 8 heteroatoms. The van der Waals surface area contributed by atoms with Gasteiger partial charge in [0.05, 0.1) is 11.9 Å². The number of hydrogen-bond donors (Lipinski definition) is 2. The molecular weight excluding hydrogens is 369 g/mol. The van der Waals surface area contributed by atoms with Gasteiger partial charge in [-0.1, -0.05) is 23.2 Å². The molecule has 0 saturated carbocycles. The zero-order valence-electron chi connectivity index (χ0n) is 13.1. The minimum atomic E-state index is -0.204. The van der Waals surface area contributed by atoms with Crippen LogP contribution < -0.4 is 10.6 Å². The Hall–Kier alpha value is -0.950. The Morgan fingerprint density at radius 3 is 2.71 bits per heavy atom. The van der Waals surface area contributed by atoms with Gasteiger partial charge in [0.25, 0.3) is 5.91 Å².